The Morgan fingerprint density at radius 1 is 1.65 bits per heavy atom. The minimum absolute atomic E-state index is 0.00579. The normalized spacial score (nSPS) is 10.6. The molecule has 4 nitrogen and oxygen atoms in total. The Morgan fingerprint density at radius 3 is 2.82 bits per heavy atom. The molecule has 1 heterocycles. The number of hydrogen-bond donors (Lipinski definition) is 1. The van der Waals surface area contributed by atoms with Crippen molar-refractivity contribution in [1.29, 1.82) is 0 Å². The standard InChI is InChI=1S/C10H11ClF2N2O2/c1-2-17-8(16)4-6-9(14)5(10(12)13)3-7(11)15-6/h3,10H,2,4,14H2,1H3. The Balaban J connectivity index is 3.03. The lowest BCUT2D eigenvalue weighted by molar-refractivity contribution is -0.142. The highest BCUT2D eigenvalue weighted by Gasteiger charge is 2.18. The number of anilines is 1. The van der Waals surface area contributed by atoms with Crippen molar-refractivity contribution < 1.29 is 18.3 Å². The number of nitrogens with zero attached hydrogens (tertiary/aromatic N) is 1. The molecule has 94 valence electrons. The number of nitrogens with two attached hydrogens (primary N) is 1. The lowest BCUT2D eigenvalue weighted by Crippen LogP contribution is -2.12. The topological polar surface area (TPSA) is 65.2 Å². The van der Waals surface area contributed by atoms with Gasteiger partial charge in [-0.25, -0.2) is 13.8 Å². The van der Waals surface area contributed by atoms with Crippen LogP contribution in [0.5, 0.6) is 0 Å². The summed E-state index contributed by atoms with van der Waals surface area (Å²) in [4.78, 5) is 15.0. The van der Waals surface area contributed by atoms with Crippen LogP contribution in [0.4, 0.5) is 14.5 Å². The Bertz CT molecular complexity index is 427. The third-order valence-corrected chi connectivity index (χ3v) is 2.18. The van der Waals surface area contributed by atoms with Crippen LogP contribution < -0.4 is 5.73 Å². The van der Waals surface area contributed by atoms with Gasteiger partial charge in [0.2, 0.25) is 0 Å². The molecule has 1 rings (SSSR count). The van der Waals surface area contributed by atoms with Gasteiger partial charge in [-0.05, 0) is 13.0 Å². The van der Waals surface area contributed by atoms with Gasteiger partial charge >= 0.3 is 5.97 Å². The molecular formula is C10H11ClF2N2O2. The predicted molar refractivity (Wildman–Crippen MR) is 59.0 cm³/mol. The number of carbonyl (C=O) groups excluding carboxylic acids is 1. The van der Waals surface area contributed by atoms with Crippen LogP contribution in [-0.2, 0) is 16.0 Å². The van der Waals surface area contributed by atoms with E-state index in [1.54, 1.807) is 6.92 Å². The number of esters is 1. The number of nitrogen functional groups attached to an aromatic ring is 1. The molecule has 0 aromatic carbocycles. The molecule has 1 aromatic heterocycles. The van der Waals surface area contributed by atoms with Crippen molar-refractivity contribution in [2.24, 2.45) is 0 Å². The van der Waals surface area contributed by atoms with E-state index in [1.165, 1.54) is 0 Å². The zero-order valence-corrected chi connectivity index (χ0v) is 9.80. The van der Waals surface area contributed by atoms with Gasteiger partial charge in [0.25, 0.3) is 6.43 Å². The Labute approximate surface area is 102 Å². The summed E-state index contributed by atoms with van der Waals surface area (Å²) in [6.07, 6.45) is -3.05. The SMILES string of the molecule is CCOC(=O)Cc1nc(Cl)cc(C(F)F)c1N. The van der Waals surface area contributed by atoms with E-state index in [0.717, 1.165) is 6.07 Å². The van der Waals surface area contributed by atoms with Crippen molar-refractivity contribution in [3.05, 3.63) is 22.5 Å². The van der Waals surface area contributed by atoms with Gasteiger partial charge in [0, 0.05) is 5.56 Å². The fraction of sp³-hybridized carbons (Fsp3) is 0.400. The number of carbonyl (C=O) groups is 1. The largest absolute Gasteiger partial charge is 0.466 e. The summed E-state index contributed by atoms with van der Waals surface area (Å²) in [7, 11) is 0. The summed E-state index contributed by atoms with van der Waals surface area (Å²) in [6.45, 7) is 1.83. The molecule has 0 fully saturated rings. The number of ether oxygens (including phenoxy) is 1. The lowest BCUT2D eigenvalue weighted by Gasteiger charge is -2.10. The number of aromatic nitrogens is 1. The molecule has 0 saturated heterocycles. The van der Waals surface area contributed by atoms with E-state index in [-0.39, 0.29) is 29.6 Å². The zero-order chi connectivity index (χ0) is 13.0. The molecule has 17 heavy (non-hydrogen) atoms. The van der Waals surface area contributed by atoms with E-state index < -0.39 is 18.0 Å². The minimum Gasteiger partial charge on any atom is -0.466 e. The van der Waals surface area contributed by atoms with E-state index in [2.05, 4.69) is 9.72 Å². The Kier molecular flexibility index (Phi) is 4.62. The molecule has 0 aliphatic carbocycles. The van der Waals surface area contributed by atoms with Gasteiger partial charge in [0.15, 0.2) is 0 Å². The summed E-state index contributed by atoms with van der Waals surface area (Å²) in [6, 6.07) is 0.982. The molecule has 0 saturated carbocycles. The number of pyridine rings is 1. The Hall–Kier alpha value is -1.43. The lowest BCUT2D eigenvalue weighted by atomic mass is 10.1. The maximum atomic E-state index is 12.6. The predicted octanol–water partition coefficient (Wildman–Crippen LogP) is 2.36. The summed E-state index contributed by atoms with van der Waals surface area (Å²) in [5.74, 6) is -0.589. The summed E-state index contributed by atoms with van der Waals surface area (Å²) in [5.41, 5.74) is 4.84. The molecule has 0 spiro atoms. The van der Waals surface area contributed by atoms with Gasteiger partial charge in [-0.3, -0.25) is 4.79 Å². The molecular weight excluding hydrogens is 254 g/mol. The van der Waals surface area contributed by atoms with Crippen molar-refractivity contribution in [3.63, 3.8) is 0 Å². The van der Waals surface area contributed by atoms with Gasteiger partial charge in [0.1, 0.15) is 5.15 Å². The fourth-order valence-electron chi connectivity index (χ4n) is 1.26. The maximum absolute atomic E-state index is 12.6. The zero-order valence-electron chi connectivity index (χ0n) is 9.04. The van der Waals surface area contributed by atoms with Crippen molar-refractivity contribution in [2.75, 3.05) is 12.3 Å². The third-order valence-electron chi connectivity index (χ3n) is 1.99. The second-order valence-electron chi connectivity index (χ2n) is 3.18. The van der Waals surface area contributed by atoms with Crippen LogP contribution in [0, 0.1) is 0 Å². The Morgan fingerprint density at radius 2 is 2.29 bits per heavy atom. The smallest absolute Gasteiger partial charge is 0.311 e. The van der Waals surface area contributed by atoms with Crippen molar-refractivity contribution in [1.82, 2.24) is 4.98 Å². The van der Waals surface area contributed by atoms with Crippen LogP contribution in [0.3, 0.4) is 0 Å². The first-order valence-electron chi connectivity index (χ1n) is 4.84. The molecule has 0 bridgehead atoms. The van der Waals surface area contributed by atoms with Gasteiger partial charge in [-0.1, -0.05) is 11.6 Å². The monoisotopic (exact) mass is 264 g/mol. The van der Waals surface area contributed by atoms with Crippen molar-refractivity contribution in [3.8, 4) is 0 Å². The molecule has 0 atom stereocenters. The van der Waals surface area contributed by atoms with Gasteiger partial charge in [0.05, 0.1) is 24.4 Å². The average Bonchev–Trinajstić information content (AvgIpc) is 2.22. The molecule has 1 aromatic rings. The first-order valence-corrected chi connectivity index (χ1v) is 5.22. The minimum atomic E-state index is -2.77. The molecule has 0 aliphatic heterocycles. The van der Waals surface area contributed by atoms with Crippen LogP contribution in [0.2, 0.25) is 5.15 Å². The number of halogens is 3. The molecule has 0 amide bonds. The first kappa shape index (κ1) is 13.6. The van der Waals surface area contributed by atoms with Crippen LogP contribution in [0.25, 0.3) is 0 Å². The van der Waals surface area contributed by atoms with Gasteiger partial charge in [-0.2, -0.15) is 0 Å². The molecule has 2 N–H and O–H groups in total. The second kappa shape index (κ2) is 5.77. The van der Waals surface area contributed by atoms with E-state index in [4.69, 9.17) is 17.3 Å². The molecule has 0 radical (unpaired) electrons. The van der Waals surface area contributed by atoms with Crippen molar-refractivity contribution >= 4 is 23.3 Å². The van der Waals surface area contributed by atoms with Gasteiger partial charge < -0.3 is 10.5 Å². The average molecular weight is 265 g/mol. The first-order chi connectivity index (χ1) is 7.95. The van der Waals surface area contributed by atoms with Crippen LogP contribution in [-0.4, -0.2) is 17.6 Å². The summed E-state index contributed by atoms with van der Waals surface area (Å²) in [5, 5.41) is -0.131. The highest BCUT2D eigenvalue weighted by molar-refractivity contribution is 6.29. The summed E-state index contributed by atoms with van der Waals surface area (Å²) < 4.78 is 29.9. The molecule has 0 unspecified atom stereocenters. The molecule has 7 heteroatoms. The van der Waals surface area contributed by atoms with Crippen LogP contribution >= 0.6 is 11.6 Å². The molecule has 0 aliphatic rings. The van der Waals surface area contributed by atoms with Gasteiger partial charge in [-0.15, -0.1) is 0 Å². The number of alkyl halides is 2. The van der Waals surface area contributed by atoms with E-state index in [1.807, 2.05) is 0 Å². The van der Waals surface area contributed by atoms with Crippen LogP contribution in [0.1, 0.15) is 24.6 Å². The number of hydrogen-bond acceptors (Lipinski definition) is 4. The highest BCUT2D eigenvalue weighted by atomic mass is 35.5. The highest BCUT2D eigenvalue weighted by Crippen LogP contribution is 2.29. The quantitative estimate of drug-likeness (QED) is 0.670. The van der Waals surface area contributed by atoms with E-state index in [0.29, 0.717) is 0 Å². The number of rotatable bonds is 4. The van der Waals surface area contributed by atoms with Crippen molar-refractivity contribution in [2.45, 2.75) is 19.8 Å². The fourth-order valence-corrected chi connectivity index (χ4v) is 1.48. The van der Waals surface area contributed by atoms with Crippen LogP contribution in [0.15, 0.2) is 6.07 Å². The second-order valence-corrected chi connectivity index (χ2v) is 3.56. The maximum Gasteiger partial charge on any atom is 0.311 e. The van der Waals surface area contributed by atoms with E-state index >= 15 is 0 Å². The summed E-state index contributed by atoms with van der Waals surface area (Å²) >= 11 is 5.57. The third kappa shape index (κ3) is 3.52. The van der Waals surface area contributed by atoms with E-state index in [9.17, 15) is 13.6 Å².